The highest BCUT2D eigenvalue weighted by Gasteiger charge is 2.29. The molecule has 1 atom stereocenters. The number of halogens is 1. The summed E-state index contributed by atoms with van der Waals surface area (Å²) >= 11 is 7.86. The lowest BCUT2D eigenvalue weighted by Gasteiger charge is -2.35. The second-order valence-corrected chi connectivity index (χ2v) is 8.45. The van der Waals surface area contributed by atoms with Gasteiger partial charge < -0.3 is 14.5 Å². The van der Waals surface area contributed by atoms with Gasteiger partial charge in [-0.25, -0.2) is 0 Å². The van der Waals surface area contributed by atoms with Crippen LogP contribution in [0.5, 0.6) is 0 Å². The summed E-state index contributed by atoms with van der Waals surface area (Å²) < 4.78 is 5.33. The summed E-state index contributed by atoms with van der Waals surface area (Å²) in [4.78, 5) is 18.2. The van der Waals surface area contributed by atoms with Gasteiger partial charge in [0.05, 0.1) is 5.02 Å². The Kier molecular flexibility index (Phi) is 6.01. The average molecular weight is 432 g/mol. The fourth-order valence-electron chi connectivity index (χ4n) is 3.57. The normalized spacial score (nSPS) is 16.2. The van der Waals surface area contributed by atoms with Crippen LogP contribution in [0, 0.1) is 6.92 Å². The summed E-state index contributed by atoms with van der Waals surface area (Å²) in [6.07, 6.45) is -0.496. The number of aromatic nitrogens is 1. The molecule has 8 heteroatoms. The molecule has 3 aromatic rings. The molecule has 0 radical (unpaired) electrons. The Hall–Kier alpha value is -2.19. The molecule has 2 aromatic heterocycles. The van der Waals surface area contributed by atoms with Crippen LogP contribution in [0.1, 0.15) is 27.1 Å². The number of aryl methyl sites for hydroxylation is 1. The Morgan fingerprint density at radius 2 is 2.00 bits per heavy atom. The van der Waals surface area contributed by atoms with Gasteiger partial charge in [0.1, 0.15) is 23.1 Å². The number of rotatable bonds is 5. The van der Waals surface area contributed by atoms with Crippen LogP contribution < -0.4 is 0 Å². The monoisotopic (exact) mass is 431 g/mol. The quantitative estimate of drug-likeness (QED) is 0.664. The van der Waals surface area contributed by atoms with Crippen molar-refractivity contribution < 1.29 is 14.4 Å². The van der Waals surface area contributed by atoms with Crippen LogP contribution in [0.4, 0.5) is 0 Å². The first-order valence-corrected chi connectivity index (χ1v) is 10.7. The molecule has 0 spiro atoms. The van der Waals surface area contributed by atoms with Crippen LogP contribution in [0.25, 0.3) is 11.3 Å². The third kappa shape index (κ3) is 4.23. The maximum atomic E-state index is 13.2. The molecule has 1 aliphatic heterocycles. The van der Waals surface area contributed by atoms with Gasteiger partial charge in [0.2, 0.25) is 0 Å². The van der Waals surface area contributed by atoms with Crippen molar-refractivity contribution in [1.82, 2.24) is 15.0 Å². The van der Waals surface area contributed by atoms with Gasteiger partial charge >= 0.3 is 0 Å². The van der Waals surface area contributed by atoms with E-state index in [9.17, 15) is 9.90 Å². The predicted octanol–water partition coefficient (Wildman–Crippen LogP) is 3.86. The first-order chi connectivity index (χ1) is 14.0. The van der Waals surface area contributed by atoms with E-state index in [1.54, 1.807) is 24.3 Å². The Bertz CT molecular complexity index is 981. The summed E-state index contributed by atoms with van der Waals surface area (Å²) in [6, 6.07) is 11.2. The minimum Gasteiger partial charge on any atom is -0.386 e. The molecule has 0 aliphatic carbocycles. The Morgan fingerprint density at radius 3 is 2.69 bits per heavy atom. The summed E-state index contributed by atoms with van der Waals surface area (Å²) in [5, 5.41) is 17.0. The van der Waals surface area contributed by atoms with Crippen LogP contribution >= 0.6 is 22.9 Å². The molecule has 0 bridgehead atoms. The van der Waals surface area contributed by atoms with Crippen molar-refractivity contribution >= 4 is 28.8 Å². The molecule has 1 unspecified atom stereocenters. The van der Waals surface area contributed by atoms with Crippen molar-refractivity contribution in [2.24, 2.45) is 0 Å². The fourth-order valence-corrected chi connectivity index (χ4v) is 4.50. The molecule has 3 heterocycles. The van der Waals surface area contributed by atoms with E-state index in [1.807, 2.05) is 40.6 Å². The van der Waals surface area contributed by atoms with Crippen LogP contribution in [0.15, 0.2) is 46.3 Å². The highest BCUT2D eigenvalue weighted by molar-refractivity contribution is 7.10. The smallest absolute Gasteiger partial charge is 0.259 e. The topological polar surface area (TPSA) is 69.8 Å². The fraction of sp³-hybridized carbons (Fsp3) is 0.333. The number of aliphatic hydroxyl groups is 1. The molecule has 6 nitrogen and oxygen atoms in total. The standard InChI is InChI=1S/C21H22ClN3O3S/c1-14-19(20(23-28-14)15-5-2-3-6-16(15)22)21(27)25-10-8-24(9-11-25)13-17(26)18-7-4-12-29-18/h2-7,12,17,26H,8-11,13H2,1H3. The number of nitrogens with zero attached hydrogens (tertiary/aromatic N) is 3. The third-order valence-electron chi connectivity index (χ3n) is 5.17. The number of thiophene rings is 1. The van der Waals surface area contributed by atoms with Gasteiger partial charge in [0, 0.05) is 43.2 Å². The average Bonchev–Trinajstić information content (AvgIpc) is 3.39. The Morgan fingerprint density at radius 1 is 1.24 bits per heavy atom. The van der Waals surface area contributed by atoms with Gasteiger partial charge in [0.15, 0.2) is 0 Å². The largest absolute Gasteiger partial charge is 0.386 e. The summed E-state index contributed by atoms with van der Waals surface area (Å²) in [7, 11) is 0. The van der Waals surface area contributed by atoms with Gasteiger partial charge in [-0.15, -0.1) is 11.3 Å². The zero-order valence-corrected chi connectivity index (χ0v) is 17.6. The molecule has 0 saturated carbocycles. The maximum Gasteiger partial charge on any atom is 0.259 e. The summed E-state index contributed by atoms with van der Waals surface area (Å²) in [5.41, 5.74) is 1.63. The molecule has 29 heavy (non-hydrogen) atoms. The predicted molar refractivity (Wildman–Crippen MR) is 113 cm³/mol. The number of amides is 1. The number of carbonyl (C=O) groups is 1. The van der Waals surface area contributed by atoms with E-state index in [1.165, 1.54) is 0 Å². The van der Waals surface area contributed by atoms with Crippen LogP contribution in [0.3, 0.4) is 0 Å². The number of hydrogen-bond acceptors (Lipinski definition) is 6. The van der Waals surface area contributed by atoms with Crippen LogP contribution in [0.2, 0.25) is 5.02 Å². The SMILES string of the molecule is Cc1onc(-c2ccccc2Cl)c1C(=O)N1CCN(CC(O)c2cccs2)CC1. The molecular weight excluding hydrogens is 410 g/mol. The van der Waals surface area contributed by atoms with E-state index in [2.05, 4.69) is 10.1 Å². The first kappa shape index (κ1) is 20.1. The highest BCUT2D eigenvalue weighted by Crippen LogP contribution is 2.32. The number of piperazine rings is 1. The molecule has 1 saturated heterocycles. The first-order valence-electron chi connectivity index (χ1n) is 9.49. The Balaban J connectivity index is 1.44. The van der Waals surface area contributed by atoms with Crippen molar-refractivity contribution in [1.29, 1.82) is 0 Å². The van der Waals surface area contributed by atoms with Crippen molar-refractivity contribution in [3.63, 3.8) is 0 Å². The molecule has 152 valence electrons. The zero-order chi connectivity index (χ0) is 20.4. The molecule has 1 aliphatic rings. The number of aliphatic hydroxyl groups excluding tert-OH is 1. The minimum absolute atomic E-state index is 0.0999. The zero-order valence-electron chi connectivity index (χ0n) is 16.0. The lowest BCUT2D eigenvalue weighted by atomic mass is 10.0. The van der Waals surface area contributed by atoms with Crippen LogP contribution in [-0.4, -0.2) is 58.7 Å². The Labute approximate surface area is 178 Å². The summed E-state index contributed by atoms with van der Waals surface area (Å²) in [6.45, 7) is 4.90. The molecule has 1 fully saturated rings. The minimum atomic E-state index is -0.496. The van der Waals surface area contributed by atoms with E-state index >= 15 is 0 Å². The van der Waals surface area contributed by atoms with E-state index in [4.69, 9.17) is 16.1 Å². The molecule has 1 amide bonds. The maximum absolute atomic E-state index is 13.2. The number of β-amino-alcohol motifs (C(OH)–C–C–N with tert-alkyl or cyclic N) is 1. The van der Waals surface area contributed by atoms with Crippen LogP contribution in [-0.2, 0) is 0 Å². The van der Waals surface area contributed by atoms with E-state index in [0.717, 1.165) is 4.88 Å². The van der Waals surface area contributed by atoms with Gasteiger partial charge in [-0.05, 0) is 24.4 Å². The number of carbonyl (C=O) groups excluding carboxylic acids is 1. The number of benzene rings is 1. The van der Waals surface area contributed by atoms with Crippen molar-refractivity contribution in [2.45, 2.75) is 13.0 Å². The van der Waals surface area contributed by atoms with E-state index in [-0.39, 0.29) is 5.91 Å². The van der Waals surface area contributed by atoms with Gasteiger partial charge in [-0.2, -0.15) is 0 Å². The van der Waals surface area contributed by atoms with Crippen molar-refractivity contribution in [2.75, 3.05) is 32.7 Å². The molecular formula is C21H22ClN3O3S. The second-order valence-electron chi connectivity index (χ2n) is 7.07. The van der Waals surface area contributed by atoms with Gasteiger partial charge in [-0.3, -0.25) is 9.69 Å². The second kappa shape index (κ2) is 8.67. The molecule has 1 aromatic carbocycles. The lowest BCUT2D eigenvalue weighted by molar-refractivity contribution is 0.0532. The van der Waals surface area contributed by atoms with Crippen molar-refractivity contribution in [3.8, 4) is 11.3 Å². The van der Waals surface area contributed by atoms with E-state index < -0.39 is 6.10 Å². The van der Waals surface area contributed by atoms with Gasteiger partial charge in [0.25, 0.3) is 5.91 Å². The molecule has 1 N–H and O–H groups in total. The third-order valence-corrected chi connectivity index (χ3v) is 6.47. The lowest BCUT2D eigenvalue weighted by Crippen LogP contribution is -2.49. The van der Waals surface area contributed by atoms with Gasteiger partial charge in [-0.1, -0.05) is 41.0 Å². The van der Waals surface area contributed by atoms with Crippen molar-refractivity contribution in [3.05, 3.63) is 63.0 Å². The number of hydrogen-bond donors (Lipinski definition) is 1. The highest BCUT2D eigenvalue weighted by atomic mass is 35.5. The van der Waals surface area contributed by atoms with E-state index in [0.29, 0.717) is 60.3 Å². The molecule has 4 rings (SSSR count). The summed E-state index contributed by atoms with van der Waals surface area (Å²) in [5.74, 6) is 0.387.